The molecular formula is C16H14F10O4. The van der Waals surface area contributed by atoms with Gasteiger partial charge in [0.25, 0.3) is 11.3 Å². The lowest BCUT2D eigenvalue weighted by Gasteiger charge is -2.57. The number of hydrogen-bond acceptors (Lipinski definition) is 4. The number of hydrogen-bond donors (Lipinski definition) is 0. The van der Waals surface area contributed by atoms with Gasteiger partial charge in [0, 0.05) is 12.2 Å². The molecule has 4 nitrogen and oxygen atoms in total. The molecule has 0 heterocycles. The maximum absolute atomic E-state index is 15.1. The molecule has 0 amide bonds. The third-order valence-electron chi connectivity index (χ3n) is 4.66. The van der Waals surface area contributed by atoms with Crippen molar-refractivity contribution >= 4 is 11.9 Å². The van der Waals surface area contributed by atoms with Gasteiger partial charge >= 0.3 is 35.6 Å². The minimum Gasteiger partial charge on any atom is -0.456 e. The standard InChI is InChI=1S/C16H14F10O4/c1-5-9(27)29-7(3)11(17)13(19,20)12(18,8(4)30-10(28)6-2)15(23,24)16(25,26)14(11,21)22/h5-8H,1-2H2,3-4H3. The Bertz CT molecular complexity index is 694. The summed E-state index contributed by atoms with van der Waals surface area (Å²) in [5.41, 5.74) is -12.5. The van der Waals surface area contributed by atoms with E-state index in [4.69, 9.17) is 0 Å². The van der Waals surface area contributed by atoms with Crippen molar-refractivity contribution in [2.75, 3.05) is 0 Å². The van der Waals surface area contributed by atoms with E-state index < -0.39 is 59.2 Å². The van der Waals surface area contributed by atoms with Crippen LogP contribution in [0.1, 0.15) is 13.8 Å². The topological polar surface area (TPSA) is 52.6 Å². The van der Waals surface area contributed by atoms with Gasteiger partial charge in [-0.3, -0.25) is 0 Å². The molecule has 0 bridgehead atoms. The first-order valence-corrected chi connectivity index (χ1v) is 7.80. The Hall–Kier alpha value is -2.28. The molecule has 0 spiro atoms. The molecule has 0 aromatic rings. The van der Waals surface area contributed by atoms with Gasteiger partial charge in [0.05, 0.1) is 0 Å². The van der Waals surface area contributed by atoms with Crippen molar-refractivity contribution in [3.05, 3.63) is 25.3 Å². The molecule has 1 fully saturated rings. The summed E-state index contributed by atoms with van der Waals surface area (Å²) in [6.07, 6.45) is -6.95. The molecule has 0 radical (unpaired) electrons. The highest BCUT2D eigenvalue weighted by molar-refractivity contribution is 5.81. The van der Waals surface area contributed by atoms with Gasteiger partial charge in [-0.15, -0.1) is 0 Å². The highest BCUT2D eigenvalue weighted by Gasteiger charge is 3.02. The fourth-order valence-corrected chi connectivity index (χ4v) is 2.94. The molecule has 30 heavy (non-hydrogen) atoms. The molecule has 1 saturated carbocycles. The molecule has 0 aliphatic heterocycles. The number of esters is 2. The van der Waals surface area contributed by atoms with Crippen LogP contribution in [0.15, 0.2) is 25.3 Å². The van der Waals surface area contributed by atoms with Gasteiger partial charge < -0.3 is 9.47 Å². The fraction of sp³-hybridized carbons (Fsp3) is 0.625. The Morgan fingerprint density at radius 1 is 0.633 bits per heavy atom. The summed E-state index contributed by atoms with van der Waals surface area (Å²) in [7, 11) is 0. The van der Waals surface area contributed by atoms with E-state index in [0.717, 1.165) is 0 Å². The quantitative estimate of drug-likeness (QED) is 0.339. The van der Waals surface area contributed by atoms with Gasteiger partial charge in [-0.25, -0.2) is 18.4 Å². The van der Waals surface area contributed by atoms with E-state index in [1.807, 2.05) is 0 Å². The van der Waals surface area contributed by atoms with Gasteiger partial charge in [0.1, 0.15) is 12.2 Å². The van der Waals surface area contributed by atoms with Gasteiger partial charge in [0.2, 0.25) is 0 Å². The molecule has 1 rings (SSSR count). The third kappa shape index (κ3) is 2.74. The lowest BCUT2D eigenvalue weighted by atomic mass is 9.63. The number of ether oxygens (including phenoxy) is 2. The van der Waals surface area contributed by atoms with Crippen LogP contribution in [0.5, 0.6) is 0 Å². The van der Waals surface area contributed by atoms with Crippen molar-refractivity contribution in [1.82, 2.24) is 0 Å². The largest absolute Gasteiger partial charge is 0.456 e. The molecular weight excluding hydrogens is 446 g/mol. The Morgan fingerprint density at radius 3 is 1.13 bits per heavy atom. The molecule has 0 saturated heterocycles. The van der Waals surface area contributed by atoms with E-state index in [0.29, 0.717) is 0 Å². The van der Waals surface area contributed by atoms with Crippen molar-refractivity contribution in [2.24, 2.45) is 0 Å². The first-order chi connectivity index (χ1) is 13.3. The monoisotopic (exact) mass is 460 g/mol. The first-order valence-electron chi connectivity index (χ1n) is 7.80. The fourth-order valence-electron chi connectivity index (χ4n) is 2.94. The summed E-state index contributed by atoms with van der Waals surface area (Å²) in [6, 6.07) is 0. The van der Waals surface area contributed by atoms with Gasteiger partial charge in [0.15, 0.2) is 0 Å². The predicted octanol–water partition coefficient (Wildman–Crippen LogP) is 4.19. The average molecular weight is 460 g/mol. The van der Waals surface area contributed by atoms with Gasteiger partial charge in [-0.2, -0.15) is 35.1 Å². The number of carbonyl (C=O) groups is 2. The van der Waals surface area contributed by atoms with Crippen molar-refractivity contribution in [3.63, 3.8) is 0 Å². The number of rotatable bonds is 6. The summed E-state index contributed by atoms with van der Waals surface area (Å²) in [6.45, 7) is 5.23. The minimum atomic E-state index is -7.10. The van der Waals surface area contributed by atoms with Crippen LogP contribution >= 0.6 is 0 Å². The molecule has 14 heteroatoms. The Morgan fingerprint density at radius 2 is 0.900 bits per heavy atom. The number of halogens is 10. The summed E-state index contributed by atoms with van der Waals surface area (Å²) in [5.74, 6) is -31.5. The van der Waals surface area contributed by atoms with Crippen LogP contribution in [0.3, 0.4) is 0 Å². The summed E-state index contributed by atoms with van der Waals surface area (Å²) < 4.78 is 152. The van der Waals surface area contributed by atoms with E-state index in [1.165, 1.54) is 0 Å². The maximum atomic E-state index is 15.1. The van der Waals surface area contributed by atoms with E-state index in [-0.39, 0.29) is 26.0 Å². The highest BCUT2D eigenvalue weighted by atomic mass is 19.4. The van der Waals surface area contributed by atoms with E-state index in [9.17, 15) is 44.7 Å². The first kappa shape index (κ1) is 25.8. The molecule has 4 unspecified atom stereocenters. The second-order valence-corrected chi connectivity index (χ2v) is 6.29. The molecule has 0 aromatic heterocycles. The zero-order valence-electron chi connectivity index (χ0n) is 15.1. The highest BCUT2D eigenvalue weighted by Crippen LogP contribution is 2.70. The Balaban J connectivity index is 3.92. The van der Waals surface area contributed by atoms with Crippen LogP contribution in [0.4, 0.5) is 43.9 Å². The van der Waals surface area contributed by atoms with Crippen molar-refractivity contribution in [3.8, 4) is 0 Å². The lowest BCUT2D eigenvalue weighted by molar-refractivity contribution is -0.477. The van der Waals surface area contributed by atoms with Gasteiger partial charge in [-0.05, 0) is 13.8 Å². The SMILES string of the molecule is C=CC(=O)OC(C)C1(F)C(F)(F)C(F)(F)C(F)(F)C(F)(C(C)OC(=O)C=C)C1(F)F. The van der Waals surface area contributed by atoms with E-state index >= 15 is 8.78 Å². The number of carbonyl (C=O) groups excluding carboxylic acids is 2. The van der Waals surface area contributed by atoms with E-state index in [1.54, 1.807) is 0 Å². The van der Waals surface area contributed by atoms with Crippen LogP contribution in [-0.2, 0) is 19.1 Å². The molecule has 4 atom stereocenters. The molecule has 0 N–H and O–H groups in total. The van der Waals surface area contributed by atoms with Crippen molar-refractivity contribution < 1.29 is 63.0 Å². The smallest absolute Gasteiger partial charge is 0.379 e. The second-order valence-electron chi connectivity index (χ2n) is 6.29. The molecule has 172 valence electrons. The van der Waals surface area contributed by atoms with Crippen LogP contribution in [-0.4, -0.2) is 59.2 Å². The van der Waals surface area contributed by atoms with Crippen LogP contribution in [0, 0.1) is 0 Å². The Kier molecular flexibility index (Phi) is 6.14. The third-order valence-corrected chi connectivity index (χ3v) is 4.66. The minimum absolute atomic E-state index is 0.108. The number of alkyl halides is 10. The summed E-state index contributed by atoms with van der Waals surface area (Å²) >= 11 is 0. The van der Waals surface area contributed by atoms with Crippen molar-refractivity contribution in [1.29, 1.82) is 0 Å². The zero-order chi connectivity index (χ0) is 24.1. The van der Waals surface area contributed by atoms with Crippen LogP contribution < -0.4 is 0 Å². The molecule has 1 aliphatic rings. The van der Waals surface area contributed by atoms with Crippen LogP contribution in [0.25, 0.3) is 0 Å². The van der Waals surface area contributed by atoms with Crippen LogP contribution in [0.2, 0.25) is 0 Å². The molecule has 1 aliphatic carbocycles. The molecule has 0 aromatic carbocycles. The van der Waals surface area contributed by atoms with E-state index in [2.05, 4.69) is 22.6 Å². The second kappa shape index (κ2) is 7.15. The summed E-state index contributed by atoms with van der Waals surface area (Å²) in [4.78, 5) is 22.2. The Labute approximate surface area is 162 Å². The average Bonchev–Trinajstić information content (AvgIpc) is 2.64. The van der Waals surface area contributed by atoms with Gasteiger partial charge in [-0.1, -0.05) is 13.2 Å². The normalized spacial score (nSPS) is 32.9. The summed E-state index contributed by atoms with van der Waals surface area (Å²) in [5, 5.41) is 0. The lowest BCUT2D eigenvalue weighted by Crippen LogP contribution is -2.89. The maximum Gasteiger partial charge on any atom is 0.379 e. The van der Waals surface area contributed by atoms with Crippen molar-refractivity contribution in [2.45, 2.75) is 61.1 Å². The zero-order valence-corrected chi connectivity index (χ0v) is 15.1. The predicted molar refractivity (Wildman–Crippen MR) is 79.0 cm³/mol.